The molecule has 0 spiro atoms. The molecule has 1 aliphatic rings. The van der Waals surface area contributed by atoms with Gasteiger partial charge in [-0.3, -0.25) is 4.79 Å². The van der Waals surface area contributed by atoms with E-state index >= 15 is 0 Å². The Kier molecular flexibility index (Phi) is 5.65. The molecule has 1 aromatic heterocycles. The molecule has 0 unspecified atom stereocenters. The molecule has 0 saturated heterocycles. The summed E-state index contributed by atoms with van der Waals surface area (Å²) in [7, 11) is 2.06. The number of rotatable bonds is 7. The van der Waals surface area contributed by atoms with Gasteiger partial charge in [0.1, 0.15) is 5.69 Å². The third-order valence-electron chi connectivity index (χ3n) is 4.30. The molecule has 1 heterocycles. The minimum absolute atomic E-state index is 0.110. The number of hydrogen-bond acceptors (Lipinski definition) is 4. The molecule has 1 fully saturated rings. The van der Waals surface area contributed by atoms with Crippen molar-refractivity contribution in [2.24, 2.45) is 5.92 Å². The van der Waals surface area contributed by atoms with Gasteiger partial charge in [-0.1, -0.05) is 18.0 Å². The van der Waals surface area contributed by atoms with E-state index in [-0.39, 0.29) is 5.56 Å². The van der Waals surface area contributed by atoms with Crippen LogP contribution in [-0.4, -0.2) is 40.9 Å². The highest BCUT2D eigenvalue weighted by Crippen LogP contribution is 2.27. The lowest BCUT2D eigenvalue weighted by molar-refractivity contribution is 0.262. The van der Waals surface area contributed by atoms with Crippen LogP contribution in [-0.2, 0) is 6.54 Å². The van der Waals surface area contributed by atoms with Crippen molar-refractivity contribution in [3.05, 3.63) is 21.6 Å². The minimum atomic E-state index is -0.110. The van der Waals surface area contributed by atoms with E-state index in [2.05, 4.69) is 36.2 Å². The van der Waals surface area contributed by atoms with E-state index in [1.807, 2.05) is 0 Å². The van der Waals surface area contributed by atoms with Crippen LogP contribution in [0.2, 0.25) is 5.02 Å². The van der Waals surface area contributed by atoms with Gasteiger partial charge in [0.2, 0.25) is 0 Å². The van der Waals surface area contributed by atoms with Gasteiger partial charge in [-0.2, -0.15) is 5.10 Å². The van der Waals surface area contributed by atoms with Crippen LogP contribution in [0.3, 0.4) is 0 Å². The highest BCUT2D eigenvalue weighted by atomic mass is 35.5. The van der Waals surface area contributed by atoms with Gasteiger partial charge in [0.15, 0.2) is 0 Å². The smallest absolute Gasteiger partial charge is 0.291 e. The van der Waals surface area contributed by atoms with E-state index in [1.165, 1.54) is 19.3 Å². The van der Waals surface area contributed by atoms with Crippen LogP contribution >= 0.6 is 11.6 Å². The second kappa shape index (κ2) is 7.27. The van der Waals surface area contributed by atoms with Gasteiger partial charge in [-0.25, -0.2) is 4.68 Å². The number of hydrogen-bond donors (Lipinski definition) is 1. The van der Waals surface area contributed by atoms with Crippen molar-refractivity contribution in [3.63, 3.8) is 0 Å². The molecule has 2 rings (SSSR count). The molecule has 1 saturated carbocycles. The lowest BCUT2D eigenvalue weighted by atomic mass is 9.85. The van der Waals surface area contributed by atoms with Crippen molar-refractivity contribution < 1.29 is 0 Å². The monoisotopic (exact) mass is 312 g/mol. The number of nitrogens with one attached hydrogen (secondary N) is 1. The van der Waals surface area contributed by atoms with E-state index in [0.29, 0.717) is 35.8 Å². The highest BCUT2D eigenvalue weighted by molar-refractivity contribution is 6.32. The second-order valence-corrected chi connectivity index (χ2v) is 6.56. The van der Waals surface area contributed by atoms with Crippen LogP contribution < -0.4 is 10.9 Å². The van der Waals surface area contributed by atoms with E-state index in [9.17, 15) is 4.79 Å². The number of nitrogens with zero attached hydrogens (tertiary/aromatic N) is 3. The molecular weight excluding hydrogens is 288 g/mol. The maximum absolute atomic E-state index is 12.4. The van der Waals surface area contributed by atoms with E-state index < -0.39 is 0 Å². The van der Waals surface area contributed by atoms with Gasteiger partial charge >= 0.3 is 0 Å². The maximum Gasteiger partial charge on any atom is 0.291 e. The normalized spacial score (nSPS) is 15.5. The Morgan fingerprint density at radius 3 is 2.81 bits per heavy atom. The van der Waals surface area contributed by atoms with E-state index in [4.69, 9.17) is 11.6 Å². The lowest BCUT2D eigenvalue weighted by Gasteiger charge is -2.25. The van der Waals surface area contributed by atoms with E-state index in [1.54, 1.807) is 10.9 Å². The Morgan fingerprint density at radius 1 is 1.52 bits per heavy atom. The van der Waals surface area contributed by atoms with Crippen molar-refractivity contribution >= 4 is 17.3 Å². The fraction of sp³-hybridized carbons (Fsp3) is 0.733. The molecule has 1 aliphatic carbocycles. The van der Waals surface area contributed by atoms with Gasteiger partial charge in [0.05, 0.1) is 11.2 Å². The molecule has 0 radical (unpaired) electrons. The first-order chi connectivity index (χ1) is 9.99. The van der Waals surface area contributed by atoms with Crippen LogP contribution in [0, 0.1) is 5.92 Å². The van der Waals surface area contributed by atoms with Crippen molar-refractivity contribution in [1.82, 2.24) is 14.7 Å². The minimum Gasteiger partial charge on any atom is -0.378 e. The molecule has 0 bridgehead atoms. The topological polar surface area (TPSA) is 50.2 Å². The summed E-state index contributed by atoms with van der Waals surface area (Å²) in [6.07, 6.45) is 5.22. The van der Waals surface area contributed by atoms with Crippen molar-refractivity contribution in [2.75, 3.05) is 25.5 Å². The van der Waals surface area contributed by atoms with Gasteiger partial charge in [-0.05, 0) is 39.7 Å². The highest BCUT2D eigenvalue weighted by Gasteiger charge is 2.20. The molecule has 21 heavy (non-hydrogen) atoms. The Bertz CT molecular complexity index is 525. The number of anilines is 1. The van der Waals surface area contributed by atoms with Gasteiger partial charge in [0, 0.05) is 25.7 Å². The van der Waals surface area contributed by atoms with E-state index in [0.717, 1.165) is 6.54 Å². The van der Waals surface area contributed by atoms with Crippen molar-refractivity contribution in [2.45, 2.75) is 45.7 Å². The van der Waals surface area contributed by atoms with Crippen LogP contribution in [0.1, 0.15) is 33.1 Å². The molecule has 0 aliphatic heterocycles. The number of halogens is 1. The Labute approximate surface area is 131 Å². The quantitative estimate of drug-likeness (QED) is 0.840. The van der Waals surface area contributed by atoms with Crippen LogP contribution in [0.5, 0.6) is 0 Å². The first-order valence-corrected chi connectivity index (χ1v) is 8.06. The van der Waals surface area contributed by atoms with Crippen LogP contribution in [0.25, 0.3) is 0 Å². The molecule has 0 aromatic carbocycles. The molecule has 5 nitrogen and oxygen atoms in total. The predicted molar refractivity (Wildman–Crippen MR) is 87.1 cm³/mol. The summed E-state index contributed by atoms with van der Waals surface area (Å²) < 4.78 is 1.55. The Balaban J connectivity index is 2.00. The van der Waals surface area contributed by atoms with Gasteiger partial charge in [-0.15, -0.1) is 0 Å². The summed E-state index contributed by atoms with van der Waals surface area (Å²) in [4.78, 5) is 14.6. The second-order valence-electron chi connectivity index (χ2n) is 6.15. The van der Waals surface area contributed by atoms with Crippen LogP contribution in [0.4, 0.5) is 5.69 Å². The molecule has 0 atom stereocenters. The third kappa shape index (κ3) is 4.20. The predicted octanol–water partition coefficient (Wildman–Crippen LogP) is 2.45. The first kappa shape index (κ1) is 16.3. The lowest BCUT2D eigenvalue weighted by Crippen LogP contribution is -2.34. The van der Waals surface area contributed by atoms with Gasteiger partial charge in [0.25, 0.3) is 5.56 Å². The number of likely N-dealkylation sites (N-methyl/N-ethyl adjacent to an activating group) is 1. The zero-order valence-corrected chi connectivity index (χ0v) is 13.9. The summed E-state index contributed by atoms with van der Waals surface area (Å²) in [5.41, 5.74) is 0.366. The summed E-state index contributed by atoms with van der Waals surface area (Å²) in [5, 5.41) is 7.72. The average molecular weight is 313 g/mol. The molecule has 6 heteroatoms. The Morgan fingerprint density at radius 2 is 2.24 bits per heavy atom. The fourth-order valence-corrected chi connectivity index (χ4v) is 2.49. The van der Waals surface area contributed by atoms with Crippen LogP contribution in [0.15, 0.2) is 11.0 Å². The Hall–Kier alpha value is -1.07. The molecule has 118 valence electrons. The largest absolute Gasteiger partial charge is 0.378 e. The summed E-state index contributed by atoms with van der Waals surface area (Å²) in [6.45, 7) is 6.54. The fourth-order valence-electron chi connectivity index (χ4n) is 2.29. The summed E-state index contributed by atoms with van der Waals surface area (Å²) >= 11 is 6.11. The number of aromatic nitrogens is 2. The molecule has 1 aromatic rings. The zero-order chi connectivity index (χ0) is 15.4. The zero-order valence-electron chi connectivity index (χ0n) is 13.1. The molecule has 1 N–H and O–H groups in total. The van der Waals surface area contributed by atoms with Crippen molar-refractivity contribution in [3.8, 4) is 0 Å². The third-order valence-corrected chi connectivity index (χ3v) is 4.59. The standard InChI is InChI=1S/C15H25ClN4O/c1-11(2)19(3)8-7-17-14-13(16)9-18-20(15(14)21)10-12-5-4-6-12/h9,11-12,17H,4-8,10H2,1-3H3. The summed E-state index contributed by atoms with van der Waals surface area (Å²) in [6, 6.07) is 0.481. The van der Waals surface area contributed by atoms with Gasteiger partial charge < -0.3 is 10.2 Å². The summed E-state index contributed by atoms with van der Waals surface area (Å²) in [5.74, 6) is 0.594. The molecular formula is C15H25ClN4O. The van der Waals surface area contributed by atoms with Crippen molar-refractivity contribution in [1.29, 1.82) is 0 Å². The molecule has 0 amide bonds. The first-order valence-electron chi connectivity index (χ1n) is 7.68. The maximum atomic E-state index is 12.4. The SMILES string of the molecule is CC(C)N(C)CCNc1c(Cl)cnn(CC2CCC2)c1=O. The average Bonchev–Trinajstić information content (AvgIpc) is 2.39.